The molecule has 2 amide bonds. The Balaban J connectivity index is 1.43. The van der Waals surface area contributed by atoms with Gasteiger partial charge in [0.05, 0.1) is 16.3 Å². The first kappa shape index (κ1) is 29.8. The largest absolute Gasteiger partial charge is 0.489 e. The number of hydrogen-bond donors (Lipinski definition) is 4. The Bertz CT molecular complexity index is 1190. The molecule has 3 aliphatic rings. The van der Waals surface area contributed by atoms with Crippen molar-refractivity contribution in [1.82, 2.24) is 20.9 Å². The van der Waals surface area contributed by atoms with Crippen LogP contribution in [0.3, 0.4) is 0 Å². The SMILES string of the molecule is CNC1=C(C(N)=Nc2ccc(OC3CCN(C(=O)C4CCCC4)CC3)c(Cl)c2)C=C(C(=O)NC(C)(C)C)CCN1. The third-order valence-electron chi connectivity index (χ3n) is 7.51. The summed E-state index contributed by atoms with van der Waals surface area (Å²) >= 11 is 6.59. The molecule has 2 fully saturated rings. The minimum absolute atomic E-state index is 0.00718. The maximum absolute atomic E-state index is 12.9. The van der Waals surface area contributed by atoms with Gasteiger partial charge in [-0.2, -0.15) is 0 Å². The third kappa shape index (κ3) is 7.71. The zero-order chi connectivity index (χ0) is 28.9. The third-order valence-corrected chi connectivity index (χ3v) is 7.80. The van der Waals surface area contributed by atoms with Gasteiger partial charge in [-0.25, -0.2) is 4.99 Å². The van der Waals surface area contributed by atoms with Gasteiger partial charge in [0.2, 0.25) is 11.8 Å². The molecule has 1 saturated carbocycles. The average Bonchev–Trinajstić information content (AvgIpc) is 3.35. The van der Waals surface area contributed by atoms with E-state index in [2.05, 4.69) is 20.9 Å². The van der Waals surface area contributed by atoms with Crippen LogP contribution in [0, 0.1) is 5.92 Å². The number of amides is 2. The van der Waals surface area contributed by atoms with Crippen molar-refractivity contribution < 1.29 is 14.3 Å². The van der Waals surface area contributed by atoms with Crippen molar-refractivity contribution >= 4 is 34.9 Å². The molecule has 0 aromatic heterocycles. The number of piperidine rings is 1. The fourth-order valence-corrected chi connectivity index (χ4v) is 5.64. The zero-order valence-electron chi connectivity index (χ0n) is 24.1. The Kier molecular flexibility index (Phi) is 9.66. The molecular weight excluding hydrogens is 528 g/mol. The van der Waals surface area contributed by atoms with E-state index < -0.39 is 0 Å². The summed E-state index contributed by atoms with van der Waals surface area (Å²) in [7, 11) is 1.79. The van der Waals surface area contributed by atoms with E-state index in [-0.39, 0.29) is 29.3 Å². The first-order valence-corrected chi connectivity index (χ1v) is 14.7. The lowest BCUT2D eigenvalue weighted by atomic mass is 10.0. The molecule has 1 aliphatic carbocycles. The number of rotatable bonds is 7. The number of aliphatic imine (C=N–C) groups is 1. The second kappa shape index (κ2) is 13.0. The standard InChI is InChI=1S/C30H43ClN6O3/c1-30(2,3)36-28(38)20-11-14-34-27(33-4)23(17-20)26(32)35-21-9-10-25(24(31)18-21)40-22-12-15-37(16-13-22)29(39)19-7-5-6-8-19/h9-10,17-19,22,33-34H,5-8,11-16H2,1-4H3,(H2,32,35)(H,36,38). The van der Waals surface area contributed by atoms with Gasteiger partial charge in [0.15, 0.2) is 0 Å². The molecule has 0 unspecified atom stereocenters. The summed E-state index contributed by atoms with van der Waals surface area (Å²) in [4.78, 5) is 32.2. The van der Waals surface area contributed by atoms with E-state index >= 15 is 0 Å². The predicted octanol–water partition coefficient (Wildman–Crippen LogP) is 4.15. The van der Waals surface area contributed by atoms with Crippen molar-refractivity contribution in [2.24, 2.45) is 16.6 Å². The van der Waals surface area contributed by atoms with Crippen molar-refractivity contribution in [2.45, 2.75) is 77.4 Å². The van der Waals surface area contributed by atoms with E-state index in [1.54, 1.807) is 25.3 Å². The van der Waals surface area contributed by atoms with Gasteiger partial charge < -0.3 is 31.3 Å². The van der Waals surface area contributed by atoms with Crippen LogP contribution in [0.5, 0.6) is 5.75 Å². The number of halogens is 1. The second-order valence-corrected chi connectivity index (χ2v) is 12.2. The Morgan fingerprint density at radius 3 is 2.48 bits per heavy atom. The Hall–Kier alpha value is -3.20. The molecule has 9 nitrogen and oxygen atoms in total. The van der Waals surface area contributed by atoms with Crippen LogP contribution >= 0.6 is 11.6 Å². The number of nitrogens with one attached hydrogen (secondary N) is 3. The lowest BCUT2D eigenvalue weighted by Crippen LogP contribution is -2.44. The van der Waals surface area contributed by atoms with Crippen molar-refractivity contribution in [3.63, 3.8) is 0 Å². The number of carbonyl (C=O) groups is 2. The number of benzene rings is 1. The summed E-state index contributed by atoms with van der Waals surface area (Å²) in [5.41, 5.74) is 7.91. The number of nitrogens with zero attached hydrogens (tertiary/aromatic N) is 2. The van der Waals surface area contributed by atoms with E-state index in [4.69, 9.17) is 22.1 Å². The summed E-state index contributed by atoms with van der Waals surface area (Å²) in [6.45, 7) is 7.87. The minimum Gasteiger partial charge on any atom is -0.489 e. The second-order valence-electron chi connectivity index (χ2n) is 11.8. The smallest absolute Gasteiger partial charge is 0.247 e. The van der Waals surface area contributed by atoms with Gasteiger partial charge in [-0.3, -0.25) is 9.59 Å². The van der Waals surface area contributed by atoms with E-state index in [1.165, 1.54) is 0 Å². The summed E-state index contributed by atoms with van der Waals surface area (Å²) in [6.07, 6.45) is 8.29. The molecular formula is C30H43ClN6O3. The Labute approximate surface area is 242 Å². The number of ether oxygens (including phenoxy) is 1. The van der Waals surface area contributed by atoms with Crippen LogP contribution in [0.25, 0.3) is 0 Å². The maximum atomic E-state index is 12.9. The molecule has 1 saturated heterocycles. The van der Waals surface area contributed by atoms with Crippen molar-refractivity contribution in [2.75, 3.05) is 26.7 Å². The van der Waals surface area contributed by atoms with Gasteiger partial charge >= 0.3 is 0 Å². The van der Waals surface area contributed by atoms with Gasteiger partial charge in [-0.05, 0) is 64.3 Å². The summed E-state index contributed by atoms with van der Waals surface area (Å²) in [5.74, 6) is 1.93. The normalized spacial score (nSPS) is 19.6. The molecule has 1 aromatic rings. The summed E-state index contributed by atoms with van der Waals surface area (Å²) in [5, 5.41) is 9.88. The molecule has 5 N–H and O–H groups in total. The zero-order valence-corrected chi connectivity index (χ0v) is 24.9. The quantitative estimate of drug-likeness (QED) is 0.289. The molecule has 0 radical (unpaired) electrons. The highest BCUT2D eigenvalue weighted by Crippen LogP contribution is 2.32. The topological polar surface area (TPSA) is 121 Å². The van der Waals surface area contributed by atoms with Crippen LogP contribution in [-0.4, -0.2) is 60.9 Å². The first-order chi connectivity index (χ1) is 19.0. The highest BCUT2D eigenvalue weighted by Gasteiger charge is 2.30. The maximum Gasteiger partial charge on any atom is 0.247 e. The van der Waals surface area contributed by atoms with Gasteiger partial charge in [-0.15, -0.1) is 0 Å². The number of likely N-dealkylation sites (tertiary alicyclic amines) is 1. The van der Waals surface area contributed by atoms with Crippen molar-refractivity contribution in [3.8, 4) is 5.75 Å². The minimum atomic E-state index is -0.350. The van der Waals surface area contributed by atoms with E-state index in [0.717, 1.165) is 51.6 Å². The van der Waals surface area contributed by atoms with Crippen LogP contribution in [-0.2, 0) is 9.59 Å². The van der Waals surface area contributed by atoms with E-state index in [0.29, 0.717) is 52.3 Å². The average molecular weight is 571 g/mol. The fourth-order valence-electron chi connectivity index (χ4n) is 5.42. The van der Waals surface area contributed by atoms with E-state index in [9.17, 15) is 9.59 Å². The van der Waals surface area contributed by atoms with Crippen LogP contribution < -0.4 is 26.4 Å². The first-order valence-electron chi connectivity index (χ1n) is 14.3. The molecule has 0 atom stereocenters. The van der Waals surface area contributed by atoms with Crippen LogP contribution in [0.1, 0.15) is 65.7 Å². The lowest BCUT2D eigenvalue weighted by molar-refractivity contribution is -0.137. The van der Waals surface area contributed by atoms with Gasteiger partial charge in [0, 0.05) is 56.6 Å². The van der Waals surface area contributed by atoms with Gasteiger partial charge in [0.1, 0.15) is 23.5 Å². The number of hydrogen-bond acceptors (Lipinski definition) is 6. The molecule has 10 heteroatoms. The Morgan fingerprint density at radius 2 is 1.85 bits per heavy atom. The van der Waals surface area contributed by atoms with Crippen LogP contribution in [0.15, 0.2) is 46.2 Å². The molecule has 40 heavy (non-hydrogen) atoms. The fraction of sp³-hybridized carbons (Fsp3) is 0.567. The number of amidine groups is 1. The highest BCUT2D eigenvalue weighted by atomic mass is 35.5. The molecule has 2 aliphatic heterocycles. The lowest BCUT2D eigenvalue weighted by Gasteiger charge is -2.33. The Morgan fingerprint density at radius 1 is 1.15 bits per heavy atom. The van der Waals surface area contributed by atoms with Crippen LogP contribution in [0.2, 0.25) is 5.02 Å². The molecule has 4 rings (SSSR count). The molecule has 0 bridgehead atoms. The summed E-state index contributed by atoms with van der Waals surface area (Å²) in [6, 6.07) is 5.35. The van der Waals surface area contributed by atoms with Crippen molar-refractivity contribution in [1.29, 1.82) is 0 Å². The van der Waals surface area contributed by atoms with Gasteiger partial charge in [0.25, 0.3) is 0 Å². The summed E-state index contributed by atoms with van der Waals surface area (Å²) < 4.78 is 6.21. The van der Waals surface area contributed by atoms with Gasteiger partial charge in [-0.1, -0.05) is 24.4 Å². The monoisotopic (exact) mass is 570 g/mol. The molecule has 218 valence electrons. The highest BCUT2D eigenvalue weighted by molar-refractivity contribution is 6.32. The predicted molar refractivity (Wildman–Crippen MR) is 160 cm³/mol. The number of carbonyl (C=O) groups excluding carboxylic acids is 2. The van der Waals surface area contributed by atoms with E-state index in [1.807, 2.05) is 31.7 Å². The number of nitrogens with two attached hydrogens (primary N) is 1. The molecule has 2 heterocycles. The van der Waals surface area contributed by atoms with Crippen LogP contribution in [0.4, 0.5) is 5.69 Å². The van der Waals surface area contributed by atoms with Crippen molar-refractivity contribution in [3.05, 3.63) is 46.3 Å². The molecule has 1 aromatic carbocycles. The molecule has 0 spiro atoms.